The van der Waals surface area contributed by atoms with Gasteiger partial charge in [0.1, 0.15) is 11.9 Å². The van der Waals surface area contributed by atoms with E-state index in [2.05, 4.69) is 15.1 Å². The van der Waals surface area contributed by atoms with Gasteiger partial charge in [-0.15, -0.1) is 0 Å². The number of hydrogen-bond acceptors (Lipinski definition) is 4. The molecule has 1 N–H and O–H groups in total. The molecule has 0 saturated carbocycles. The minimum atomic E-state index is -0.547. The first-order chi connectivity index (χ1) is 17.6. The Bertz CT molecular complexity index is 1190. The molecular weight excluding hydrogens is 455 g/mol. The number of benzene rings is 3. The molecule has 5 rings (SSSR count). The number of carbonyl (C=O) groups is 2. The third-order valence-electron chi connectivity index (χ3n) is 7.03. The molecule has 0 radical (unpaired) electrons. The second-order valence-electron chi connectivity index (χ2n) is 9.34. The number of para-hydroxylation sites is 1. The van der Waals surface area contributed by atoms with Crippen molar-refractivity contribution in [3.05, 3.63) is 95.8 Å². The van der Waals surface area contributed by atoms with Crippen LogP contribution in [0.1, 0.15) is 22.3 Å². The molecule has 6 nitrogen and oxygen atoms in total. The van der Waals surface area contributed by atoms with Crippen molar-refractivity contribution >= 4 is 23.2 Å². The quantitative estimate of drug-likeness (QED) is 0.517. The lowest BCUT2D eigenvalue weighted by Crippen LogP contribution is -2.49. The Kier molecular flexibility index (Phi) is 7.28. The minimum Gasteiger partial charge on any atom is -0.369 e. The summed E-state index contributed by atoms with van der Waals surface area (Å²) in [7, 11) is 0. The van der Waals surface area contributed by atoms with Crippen LogP contribution in [-0.4, -0.2) is 62.0 Å². The first-order valence-electron chi connectivity index (χ1n) is 12.6. The lowest BCUT2D eigenvalue weighted by molar-refractivity contribution is -0.122. The summed E-state index contributed by atoms with van der Waals surface area (Å²) in [6.45, 7) is 5.13. The van der Waals surface area contributed by atoms with Crippen LogP contribution >= 0.6 is 0 Å². The summed E-state index contributed by atoms with van der Waals surface area (Å²) in [5, 5.41) is 3.07. The van der Waals surface area contributed by atoms with Gasteiger partial charge in [0.05, 0.1) is 0 Å². The van der Waals surface area contributed by atoms with Gasteiger partial charge in [-0.1, -0.05) is 36.4 Å². The van der Waals surface area contributed by atoms with Crippen LogP contribution in [0, 0.1) is 5.82 Å². The molecule has 0 spiro atoms. The number of halogens is 1. The summed E-state index contributed by atoms with van der Waals surface area (Å²) in [5.74, 6) is -0.482. The first kappa shape index (κ1) is 24.0. The van der Waals surface area contributed by atoms with E-state index >= 15 is 0 Å². The number of amides is 2. The molecule has 1 saturated heterocycles. The third kappa shape index (κ3) is 5.26. The molecule has 1 fully saturated rings. The van der Waals surface area contributed by atoms with Gasteiger partial charge in [0.15, 0.2) is 0 Å². The van der Waals surface area contributed by atoms with E-state index in [1.165, 1.54) is 12.1 Å². The van der Waals surface area contributed by atoms with Crippen LogP contribution in [0.3, 0.4) is 0 Å². The lowest BCUT2D eigenvalue weighted by Gasteiger charge is -2.36. The Morgan fingerprint density at radius 3 is 2.31 bits per heavy atom. The van der Waals surface area contributed by atoms with Gasteiger partial charge in [0, 0.05) is 56.1 Å². The van der Waals surface area contributed by atoms with E-state index in [1.807, 2.05) is 54.6 Å². The Morgan fingerprint density at radius 1 is 0.861 bits per heavy atom. The molecular formula is C29H31FN4O2. The van der Waals surface area contributed by atoms with Gasteiger partial charge < -0.3 is 10.2 Å². The van der Waals surface area contributed by atoms with Crippen molar-refractivity contribution in [3.8, 4) is 0 Å². The van der Waals surface area contributed by atoms with E-state index in [9.17, 15) is 14.0 Å². The molecule has 2 aliphatic heterocycles. The Labute approximate surface area is 211 Å². The monoisotopic (exact) mass is 486 g/mol. The Balaban J connectivity index is 1.12. The second kappa shape index (κ2) is 10.9. The average Bonchev–Trinajstić information content (AvgIpc) is 3.32. The summed E-state index contributed by atoms with van der Waals surface area (Å²) in [6, 6.07) is 23.0. The fourth-order valence-corrected chi connectivity index (χ4v) is 5.08. The predicted octanol–water partition coefficient (Wildman–Crippen LogP) is 3.73. The van der Waals surface area contributed by atoms with Gasteiger partial charge in [0.25, 0.3) is 5.91 Å². The van der Waals surface area contributed by atoms with Crippen molar-refractivity contribution in [1.82, 2.24) is 10.2 Å². The van der Waals surface area contributed by atoms with Gasteiger partial charge >= 0.3 is 0 Å². The van der Waals surface area contributed by atoms with Crippen LogP contribution in [-0.2, 0) is 11.2 Å². The fourth-order valence-electron chi connectivity index (χ4n) is 5.08. The van der Waals surface area contributed by atoms with Crippen molar-refractivity contribution in [2.24, 2.45) is 0 Å². The third-order valence-corrected chi connectivity index (χ3v) is 7.03. The van der Waals surface area contributed by atoms with Crippen LogP contribution in [0.5, 0.6) is 0 Å². The molecule has 1 atom stereocenters. The van der Waals surface area contributed by atoms with E-state index in [1.54, 1.807) is 17.0 Å². The van der Waals surface area contributed by atoms with Crippen molar-refractivity contribution in [1.29, 1.82) is 0 Å². The van der Waals surface area contributed by atoms with E-state index in [4.69, 9.17) is 0 Å². The number of carbonyl (C=O) groups excluding carboxylic acids is 2. The highest BCUT2D eigenvalue weighted by Crippen LogP contribution is 2.33. The van der Waals surface area contributed by atoms with E-state index < -0.39 is 6.04 Å². The number of anilines is 2. The first-order valence-corrected chi connectivity index (χ1v) is 12.6. The highest BCUT2D eigenvalue weighted by Gasteiger charge is 2.38. The molecule has 2 aliphatic rings. The number of hydrogen-bond donors (Lipinski definition) is 1. The van der Waals surface area contributed by atoms with Crippen molar-refractivity contribution < 1.29 is 14.0 Å². The molecule has 0 bridgehead atoms. The maximum Gasteiger partial charge on any atom is 0.259 e. The van der Waals surface area contributed by atoms with E-state index in [0.29, 0.717) is 18.5 Å². The smallest absolute Gasteiger partial charge is 0.259 e. The molecule has 3 aromatic carbocycles. The van der Waals surface area contributed by atoms with Crippen LogP contribution in [0.25, 0.3) is 0 Å². The van der Waals surface area contributed by atoms with Gasteiger partial charge in [-0.2, -0.15) is 0 Å². The van der Waals surface area contributed by atoms with Gasteiger partial charge in [-0.3, -0.25) is 19.4 Å². The van der Waals surface area contributed by atoms with Gasteiger partial charge in [-0.05, 0) is 61.0 Å². The highest BCUT2D eigenvalue weighted by atomic mass is 19.1. The van der Waals surface area contributed by atoms with Crippen LogP contribution in [0.15, 0.2) is 78.9 Å². The highest BCUT2D eigenvalue weighted by molar-refractivity contribution is 6.11. The predicted molar refractivity (Wildman–Crippen MR) is 140 cm³/mol. The average molecular weight is 487 g/mol. The molecule has 3 aromatic rings. The largest absolute Gasteiger partial charge is 0.369 e. The summed E-state index contributed by atoms with van der Waals surface area (Å²) >= 11 is 0. The molecule has 0 aliphatic carbocycles. The molecule has 2 heterocycles. The molecule has 0 aromatic heterocycles. The zero-order chi connectivity index (χ0) is 24.9. The maximum atomic E-state index is 13.3. The molecule has 2 amide bonds. The number of nitrogens with zero attached hydrogens (tertiary/aromatic N) is 3. The topological polar surface area (TPSA) is 55.9 Å². The van der Waals surface area contributed by atoms with Crippen LogP contribution < -0.4 is 15.1 Å². The molecule has 0 unspecified atom stereocenters. The molecule has 36 heavy (non-hydrogen) atoms. The number of nitrogens with one attached hydrogen (secondary N) is 1. The SMILES string of the molecule is O=C(NCCCN1CCN(c2ccc(F)cc2)CC1)[C@H]1Cc2ccccc2N1C(=O)c1ccccc1. The summed E-state index contributed by atoms with van der Waals surface area (Å²) in [6.07, 6.45) is 1.36. The zero-order valence-corrected chi connectivity index (χ0v) is 20.3. The Hall–Kier alpha value is -3.71. The van der Waals surface area contributed by atoms with E-state index in [-0.39, 0.29) is 17.6 Å². The number of fused-ring (bicyclic) bond motifs is 1. The number of piperazine rings is 1. The van der Waals surface area contributed by atoms with Gasteiger partial charge in [0.2, 0.25) is 5.91 Å². The molecule has 7 heteroatoms. The zero-order valence-electron chi connectivity index (χ0n) is 20.3. The summed E-state index contributed by atoms with van der Waals surface area (Å²) < 4.78 is 13.2. The number of rotatable bonds is 7. The van der Waals surface area contributed by atoms with Crippen molar-refractivity contribution in [3.63, 3.8) is 0 Å². The normalized spacial score (nSPS) is 17.6. The van der Waals surface area contributed by atoms with Crippen molar-refractivity contribution in [2.45, 2.75) is 18.9 Å². The minimum absolute atomic E-state index is 0.114. The van der Waals surface area contributed by atoms with Gasteiger partial charge in [-0.25, -0.2) is 4.39 Å². The standard InChI is InChI=1S/C29H31FN4O2/c30-24-11-13-25(14-12-24)33-19-17-32(18-20-33)16-6-15-31-28(35)27-21-23-9-4-5-10-26(23)34(27)29(36)22-7-2-1-3-8-22/h1-5,7-14,27H,6,15-21H2,(H,31,35)/t27-/m1/s1. The summed E-state index contributed by atoms with van der Waals surface area (Å²) in [4.78, 5) is 32.8. The van der Waals surface area contributed by atoms with Crippen LogP contribution in [0.2, 0.25) is 0 Å². The Morgan fingerprint density at radius 2 is 1.56 bits per heavy atom. The van der Waals surface area contributed by atoms with Crippen molar-refractivity contribution in [2.75, 3.05) is 49.1 Å². The summed E-state index contributed by atoms with van der Waals surface area (Å²) in [5.41, 5.74) is 3.45. The lowest BCUT2D eigenvalue weighted by atomic mass is 10.1. The fraction of sp³-hybridized carbons (Fsp3) is 0.310. The maximum absolute atomic E-state index is 13.3. The van der Waals surface area contributed by atoms with E-state index in [0.717, 1.165) is 56.1 Å². The second-order valence-corrected chi connectivity index (χ2v) is 9.34. The molecule has 186 valence electrons. The van der Waals surface area contributed by atoms with Crippen LogP contribution in [0.4, 0.5) is 15.8 Å².